The Kier molecular flexibility index (Phi) is 6.49. The van der Waals surface area contributed by atoms with Gasteiger partial charge < -0.3 is 20.1 Å². The van der Waals surface area contributed by atoms with Crippen LogP contribution in [0, 0.1) is 0 Å². The Morgan fingerprint density at radius 2 is 1.80 bits per heavy atom. The summed E-state index contributed by atoms with van der Waals surface area (Å²) in [4.78, 5) is 60.9. The Balaban J connectivity index is 2.74. The van der Waals surface area contributed by atoms with E-state index in [0.717, 1.165) is 0 Å². The molecule has 1 saturated heterocycles. The molecule has 1 atom stereocenters. The van der Waals surface area contributed by atoms with Crippen molar-refractivity contribution in [2.75, 3.05) is 19.6 Å². The van der Waals surface area contributed by atoms with E-state index >= 15 is 0 Å². The summed E-state index contributed by atoms with van der Waals surface area (Å²) in [5.74, 6) is -4.11. The van der Waals surface area contributed by atoms with Crippen LogP contribution in [0.5, 0.6) is 0 Å². The predicted octanol–water partition coefficient (Wildman–Crippen LogP) is -0.428. The second kappa shape index (κ2) is 7.95. The van der Waals surface area contributed by atoms with Gasteiger partial charge in [0, 0.05) is 19.6 Å². The highest BCUT2D eigenvalue weighted by atomic mass is 16.6. The number of carboxylic acids is 1. The molecular formula is C15H23N3O7. The summed E-state index contributed by atoms with van der Waals surface area (Å²) in [6.07, 6.45) is -1.66. The number of piperazine rings is 1. The molecule has 0 aromatic carbocycles. The van der Waals surface area contributed by atoms with Gasteiger partial charge in [0.25, 0.3) is 0 Å². The number of carbonyl (C=O) groups is 5. The number of carbonyl (C=O) groups excluding carboxylic acids is 4. The number of nitrogens with one attached hydrogen (secondary N) is 1. The number of nitrogens with zero attached hydrogens (tertiary/aromatic N) is 2. The number of hydrogen-bond donors (Lipinski definition) is 2. The van der Waals surface area contributed by atoms with Crippen LogP contribution in [0.1, 0.15) is 34.1 Å². The van der Waals surface area contributed by atoms with Crippen LogP contribution < -0.4 is 5.32 Å². The molecule has 25 heavy (non-hydrogen) atoms. The smallest absolute Gasteiger partial charge is 0.408 e. The molecule has 1 rings (SSSR count). The monoisotopic (exact) mass is 357 g/mol. The third-order valence-corrected chi connectivity index (χ3v) is 3.36. The predicted molar refractivity (Wildman–Crippen MR) is 84.4 cm³/mol. The SMILES string of the molecule is CCN1CCN(C(=O)CC(NC(=O)OC(C)(C)C)C(=O)O)C(=O)C1=O. The van der Waals surface area contributed by atoms with Crippen LogP contribution in [0.25, 0.3) is 0 Å². The molecular weight excluding hydrogens is 334 g/mol. The fourth-order valence-corrected chi connectivity index (χ4v) is 2.15. The molecule has 1 aliphatic rings. The molecule has 0 aliphatic carbocycles. The molecule has 1 unspecified atom stereocenters. The molecule has 4 amide bonds. The Hall–Kier alpha value is -2.65. The largest absolute Gasteiger partial charge is 0.480 e. The van der Waals surface area contributed by atoms with Crippen molar-refractivity contribution in [1.82, 2.24) is 15.1 Å². The van der Waals surface area contributed by atoms with Crippen molar-refractivity contribution in [2.45, 2.75) is 45.8 Å². The lowest BCUT2D eigenvalue weighted by Gasteiger charge is -2.32. The van der Waals surface area contributed by atoms with Gasteiger partial charge in [-0.25, -0.2) is 9.59 Å². The number of carboxylic acid groups (broad SMARTS) is 1. The highest BCUT2D eigenvalue weighted by molar-refractivity contribution is 6.38. The Bertz CT molecular complexity index is 582. The summed E-state index contributed by atoms with van der Waals surface area (Å²) < 4.78 is 4.95. The quantitative estimate of drug-likeness (QED) is 0.638. The van der Waals surface area contributed by atoms with Crippen molar-refractivity contribution in [3.8, 4) is 0 Å². The summed E-state index contributed by atoms with van der Waals surface area (Å²) >= 11 is 0. The summed E-state index contributed by atoms with van der Waals surface area (Å²) in [5.41, 5.74) is -0.837. The molecule has 0 radical (unpaired) electrons. The van der Waals surface area contributed by atoms with Gasteiger partial charge in [-0.1, -0.05) is 0 Å². The molecule has 1 heterocycles. The molecule has 0 aromatic heterocycles. The lowest BCUT2D eigenvalue weighted by Crippen LogP contribution is -2.57. The van der Waals surface area contributed by atoms with Gasteiger partial charge in [0.2, 0.25) is 5.91 Å². The summed E-state index contributed by atoms with van der Waals surface area (Å²) in [6, 6.07) is -1.57. The van der Waals surface area contributed by atoms with E-state index in [4.69, 9.17) is 9.84 Å². The van der Waals surface area contributed by atoms with Crippen LogP contribution in [-0.2, 0) is 23.9 Å². The van der Waals surface area contributed by atoms with Gasteiger partial charge in [0.1, 0.15) is 11.6 Å². The number of ether oxygens (including phenoxy) is 1. The average Bonchev–Trinajstić information content (AvgIpc) is 2.47. The van der Waals surface area contributed by atoms with E-state index in [-0.39, 0.29) is 13.1 Å². The molecule has 10 nitrogen and oxygen atoms in total. The van der Waals surface area contributed by atoms with Crippen LogP contribution >= 0.6 is 0 Å². The van der Waals surface area contributed by atoms with E-state index in [1.165, 1.54) is 4.90 Å². The van der Waals surface area contributed by atoms with E-state index < -0.39 is 47.8 Å². The van der Waals surface area contributed by atoms with Gasteiger partial charge in [-0.3, -0.25) is 19.3 Å². The second-order valence-corrected chi connectivity index (χ2v) is 6.48. The minimum atomic E-state index is -1.57. The highest BCUT2D eigenvalue weighted by Gasteiger charge is 2.37. The normalized spacial score (nSPS) is 16.5. The average molecular weight is 357 g/mol. The standard InChI is InChI=1S/C15H23N3O7/c1-5-17-6-7-18(12(21)11(17)20)10(19)8-9(13(22)23)16-14(24)25-15(2,3)4/h9H,5-8H2,1-4H3,(H,16,24)(H,22,23). The molecule has 2 N–H and O–H groups in total. The van der Waals surface area contributed by atoms with E-state index in [1.807, 2.05) is 0 Å². The second-order valence-electron chi connectivity index (χ2n) is 6.48. The van der Waals surface area contributed by atoms with Crippen molar-refractivity contribution >= 4 is 29.8 Å². The van der Waals surface area contributed by atoms with Crippen molar-refractivity contribution in [3.05, 3.63) is 0 Å². The van der Waals surface area contributed by atoms with E-state index in [9.17, 15) is 24.0 Å². The van der Waals surface area contributed by atoms with Gasteiger partial charge in [-0.15, -0.1) is 0 Å². The van der Waals surface area contributed by atoms with Crippen molar-refractivity contribution in [2.24, 2.45) is 0 Å². The molecule has 1 fully saturated rings. The fraction of sp³-hybridized carbons (Fsp3) is 0.667. The van der Waals surface area contributed by atoms with Gasteiger partial charge in [0.15, 0.2) is 0 Å². The maximum absolute atomic E-state index is 12.2. The fourth-order valence-electron chi connectivity index (χ4n) is 2.15. The topological polar surface area (TPSA) is 133 Å². The highest BCUT2D eigenvalue weighted by Crippen LogP contribution is 2.10. The summed E-state index contributed by atoms with van der Waals surface area (Å²) in [6.45, 7) is 7.01. The van der Waals surface area contributed by atoms with Crippen LogP contribution in [0.3, 0.4) is 0 Å². The number of rotatable bonds is 5. The molecule has 0 aromatic rings. The zero-order chi connectivity index (χ0) is 19.4. The molecule has 140 valence electrons. The number of hydrogen-bond acceptors (Lipinski definition) is 6. The van der Waals surface area contributed by atoms with Crippen LogP contribution in [0.15, 0.2) is 0 Å². The lowest BCUT2D eigenvalue weighted by atomic mass is 10.1. The van der Waals surface area contributed by atoms with Crippen LogP contribution in [-0.4, -0.2) is 76.0 Å². The zero-order valence-electron chi connectivity index (χ0n) is 14.7. The Morgan fingerprint density at radius 1 is 1.20 bits per heavy atom. The van der Waals surface area contributed by atoms with E-state index in [0.29, 0.717) is 11.4 Å². The number of amides is 4. The number of aliphatic carboxylic acids is 1. The number of alkyl carbamates (subject to hydrolysis) is 1. The third kappa shape index (κ3) is 5.73. The van der Waals surface area contributed by atoms with E-state index in [2.05, 4.69) is 5.32 Å². The lowest BCUT2D eigenvalue weighted by molar-refractivity contribution is -0.161. The van der Waals surface area contributed by atoms with Gasteiger partial charge in [-0.2, -0.15) is 0 Å². The Morgan fingerprint density at radius 3 is 2.28 bits per heavy atom. The van der Waals surface area contributed by atoms with Crippen molar-refractivity contribution in [1.29, 1.82) is 0 Å². The summed E-state index contributed by atoms with van der Waals surface area (Å²) in [7, 11) is 0. The first-order valence-corrected chi connectivity index (χ1v) is 7.82. The van der Waals surface area contributed by atoms with Crippen molar-refractivity contribution in [3.63, 3.8) is 0 Å². The summed E-state index contributed by atoms with van der Waals surface area (Å²) in [5, 5.41) is 11.2. The molecule has 0 saturated carbocycles. The van der Waals surface area contributed by atoms with Gasteiger partial charge >= 0.3 is 23.9 Å². The van der Waals surface area contributed by atoms with E-state index in [1.54, 1.807) is 27.7 Å². The first-order chi connectivity index (χ1) is 11.5. The van der Waals surface area contributed by atoms with Crippen molar-refractivity contribution < 1.29 is 33.8 Å². The molecule has 10 heteroatoms. The molecule has 1 aliphatic heterocycles. The number of likely N-dealkylation sites (N-methyl/N-ethyl adjacent to an activating group) is 1. The van der Waals surface area contributed by atoms with Crippen LogP contribution in [0.4, 0.5) is 4.79 Å². The Labute approximate surface area is 145 Å². The first kappa shape index (κ1) is 20.4. The zero-order valence-corrected chi connectivity index (χ0v) is 14.7. The third-order valence-electron chi connectivity index (χ3n) is 3.36. The minimum Gasteiger partial charge on any atom is -0.480 e. The molecule has 0 spiro atoms. The number of imide groups is 1. The van der Waals surface area contributed by atoms with Crippen LogP contribution in [0.2, 0.25) is 0 Å². The maximum Gasteiger partial charge on any atom is 0.408 e. The first-order valence-electron chi connectivity index (χ1n) is 7.82. The van der Waals surface area contributed by atoms with Gasteiger partial charge in [0.05, 0.1) is 6.42 Å². The molecule has 0 bridgehead atoms. The van der Waals surface area contributed by atoms with Gasteiger partial charge in [-0.05, 0) is 27.7 Å². The maximum atomic E-state index is 12.2. The minimum absolute atomic E-state index is 0.0178.